The van der Waals surface area contributed by atoms with Crippen LogP contribution in [0.4, 0.5) is 11.5 Å². The van der Waals surface area contributed by atoms with Gasteiger partial charge in [-0.25, -0.2) is 9.97 Å². The van der Waals surface area contributed by atoms with Crippen molar-refractivity contribution in [2.75, 3.05) is 17.6 Å². The van der Waals surface area contributed by atoms with Crippen LogP contribution >= 0.6 is 0 Å². The third kappa shape index (κ3) is 2.94. The first-order valence-corrected chi connectivity index (χ1v) is 7.03. The number of anilines is 2. The van der Waals surface area contributed by atoms with Gasteiger partial charge in [-0.3, -0.25) is 0 Å². The van der Waals surface area contributed by atoms with Crippen LogP contribution in [0.15, 0.2) is 54.9 Å². The molecule has 3 aromatic rings. The van der Waals surface area contributed by atoms with E-state index in [2.05, 4.69) is 46.5 Å². The monoisotopic (exact) mass is 278 g/mol. The van der Waals surface area contributed by atoms with E-state index in [-0.39, 0.29) is 0 Å². The van der Waals surface area contributed by atoms with E-state index in [1.54, 1.807) is 6.33 Å². The number of nitrogens with two attached hydrogens (primary N) is 1. The first-order valence-electron chi connectivity index (χ1n) is 7.03. The molecule has 0 fully saturated rings. The normalized spacial score (nSPS) is 12.2. The zero-order valence-electron chi connectivity index (χ0n) is 12.0. The molecule has 0 saturated heterocycles. The van der Waals surface area contributed by atoms with Crippen molar-refractivity contribution in [1.82, 2.24) is 9.97 Å². The van der Waals surface area contributed by atoms with Crippen molar-refractivity contribution in [2.24, 2.45) is 0 Å². The third-order valence-corrected chi connectivity index (χ3v) is 3.60. The van der Waals surface area contributed by atoms with Crippen LogP contribution in [-0.2, 0) is 0 Å². The summed E-state index contributed by atoms with van der Waals surface area (Å²) in [6.07, 6.45) is 1.58. The fraction of sp³-hybridized carbons (Fsp3) is 0.176. The maximum absolute atomic E-state index is 5.86. The molecule has 0 radical (unpaired) electrons. The fourth-order valence-corrected chi connectivity index (χ4v) is 2.36. The molecule has 2 aromatic carbocycles. The Morgan fingerprint density at radius 2 is 1.90 bits per heavy atom. The molecule has 1 heterocycles. The van der Waals surface area contributed by atoms with Gasteiger partial charge in [-0.1, -0.05) is 37.3 Å². The highest BCUT2D eigenvalue weighted by molar-refractivity contribution is 5.91. The van der Waals surface area contributed by atoms with Gasteiger partial charge in [0.1, 0.15) is 12.1 Å². The minimum absolute atomic E-state index is 0.400. The molecule has 106 valence electrons. The van der Waals surface area contributed by atoms with Crippen LogP contribution < -0.4 is 11.1 Å². The summed E-state index contributed by atoms with van der Waals surface area (Å²) < 4.78 is 0. The van der Waals surface area contributed by atoms with E-state index in [1.807, 2.05) is 24.3 Å². The smallest absolute Gasteiger partial charge is 0.137 e. The van der Waals surface area contributed by atoms with Gasteiger partial charge in [-0.2, -0.15) is 0 Å². The van der Waals surface area contributed by atoms with Gasteiger partial charge in [-0.15, -0.1) is 0 Å². The molecular weight excluding hydrogens is 260 g/mol. The lowest BCUT2D eigenvalue weighted by Gasteiger charge is -2.14. The molecule has 0 saturated carbocycles. The van der Waals surface area contributed by atoms with Gasteiger partial charge in [0, 0.05) is 17.6 Å². The Hall–Kier alpha value is -2.62. The number of rotatable bonds is 4. The SMILES string of the molecule is CC(CNc1ncnc2ccc(N)cc12)c1ccccc1. The highest BCUT2D eigenvalue weighted by Gasteiger charge is 2.08. The van der Waals surface area contributed by atoms with Crippen LogP contribution in [0.3, 0.4) is 0 Å². The molecule has 1 atom stereocenters. The van der Waals surface area contributed by atoms with Crippen LogP contribution in [0.1, 0.15) is 18.4 Å². The maximum atomic E-state index is 5.86. The average molecular weight is 278 g/mol. The summed E-state index contributed by atoms with van der Waals surface area (Å²) >= 11 is 0. The van der Waals surface area contributed by atoms with Crippen molar-refractivity contribution in [3.63, 3.8) is 0 Å². The average Bonchev–Trinajstić information content (AvgIpc) is 2.53. The Bertz CT molecular complexity index is 740. The van der Waals surface area contributed by atoms with Crippen LogP contribution in [-0.4, -0.2) is 16.5 Å². The van der Waals surface area contributed by atoms with Gasteiger partial charge in [-0.05, 0) is 29.7 Å². The summed E-state index contributed by atoms with van der Waals surface area (Å²) in [6, 6.07) is 16.1. The topological polar surface area (TPSA) is 63.8 Å². The van der Waals surface area contributed by atoms with E-state index in [1.165, 1.54) is 5.56 Å². The maximum Gasteiger partial charge on any atom is 0.137 e. The highest BCUT2D eigenvalue weighted by Crippen LogP contribution is 2.23. The first kappa shape index (κ1) is 13.4. The Morgan fingerprint density at radius 3 is 2.71 bits per heavy atom. The molecule has 0 aliphatic rings. The van der Waals surface area contributed by atoms with E-state index in [9.17, 15) is 0 Å². The largest absolute Gasteiger partial charge is 0.399 e. The van der Waals surface area contributed by atoms with E-state index >= 15 is 0 Å². The molecule has 0 spiro atoms. The Morgan fingerprint density at radius 1 is 1.10 bits per heavy atom. The van der Waals surface area contributed by atoms with Crippen molar-refractivity contribution in [3.8, 4) is 0 Å². The van der Waals surface area contributed by atoms with Crippen molar-refractivity contribution in [3.05, 3.63) is 60.4 Å². The molecule has 4 heteroatoms. The van der Waals surface area contributed by atoms with Gasteiger partial charge in [0.05, 0.1) is 5.52 Å². The second-order valence-corrected chi connectivity index (χ2v) is 5.19. The van der Waals surface area contributed by atoms with E-state index in [0.717, 1.165) is 29.0 Å². The predicted molar refractivity (Wildman–Crippen MR) is 87.3 cm³/mol. The zero-order valence-corrected chi connectivity index (χ0v) is 12.0. The second kappa shape index (κ2) is 5.79. The Kier molecular flexibility index (Phi) is 3.69. The summed E-state index contributed by atoms with van der Waals surface area (Å²) in [5, 5.41) is 4.36. The molecule has 1 unspecified atom stereocenters. The number of fused-ring (bicyclic) bond motifs is 1. The van der Waals surface area contributed by atoms with Gasteiger partial charge >= 0.3 is 0 Å². The molecule has 3 rings (SSSR count). The summed E-state index contributed by atoms with van der Waals surface area (Å²) in [5.41, 5.74) is 8.78. The van der Waals surface area contributed by atoms with Gasteiger partial charge in [0.2, 0.25) is 0 Å². The first-order chi connectivity index (χ1) is 10.2. The molecule has 21 heavy (non-hydrogen) atoms. The van der Waals surface area contributed by atoms with Gasteiger partial charge < -0.3 is 11.1 Å². The highest BCUT2D eigenvalue weighted by atomic mass is 15.0. The van der Waals surface area contributed by atoms with E-state index in [4.69, 9.17) is 5.73 Å². The second-order valence-electron chi connectivity index (χ2n) is 5.19. The van der Waals surface area contributed by atoms with E-state index < -0.39 is 0 Å². The minimum Gasteiger partial charge on any atom is -0.399 e. The van der Waals surface area contributed by atoms with E-state index in [0.29, 0.717) is 5.92 Å². The molecule has 0 amide bonds. The molecular formula is C17H18N4. The third-order valence-electron chi connectivity index (χ3n) is 3.60. The van der Waals surface area contributed by atoms with Crippen LogP contribution in [0, 0.1) is 0 Å². The number of nitrogens with one attached hydrogen (secondary N) is 1. The predicted octanol–water partition coefficient (Wildman–Crippen LogP) is 3.43. The summed E-state index contributed by atoms with van der Waals surface area (Å²) in [7, 11) is 0. The summed E-state index contributed by atoms with van der Waals surface area (Å²) in [5.74, 6) is 1.23. The Balaban J connectivity index is 1.81. The lowest BCUT2D eigenvalue weighted by molar-refractivity contribution is 0.802. The van der Waals surface area contributed by atoms with Crippen LogP contribution in [0.25, 0.3) is 10.9 Å². The fourth-order valence-electron chi connectivity index (χ4n) is 2.36. The number of hydrogen-bond acceptors (Lipinski definition) is 4. The van der Waals surface area contributed by atoms with Crippen molar-refractivity contribution >= 4 is 22.4 Å². The number of hydrogen-bond donors (Lipinski definition) is 2. The summed E-state index contributed by atoms with van der Waals surface area (Å²) in [4.78, 5) is 8.60. The lowest BCUT2D eigenvalue weighted by atomic mass is 10.0. The number of aromatic nitrogens is 2. The quantitative estimate of drug-likeness (QED) is 0.718. The Labute approximate surface area is 124 Å². The molecule has 0 aliphatic heterocycles. The van der Waals surface area contributed by atoms with Crippen LogP contribution in [0.5, 0.6) is 0 Å². The lowest BCUT2D eigenvalue weighted by Crippen LogP contribution is -2.11. The number of nitrogen functional groups attached to an aromatic ring is 1. The van der Waals surface area contributed by atoms with Gasteiger partial charge in [0.15, 0.2) is 0 Å². The standard InChI is InChI=1S/C17H18N4/c1-12(13-5-3-2-4-6-13)10-19-17-15-9-14(18)7-8-16(15)20-11-21-17/h2-9,11-12H,10,18H2,1H3,(H,19,20,21). The minimum atomic E-state index is 0.400. The van der Waals surface area contributed by atoms with Crippen molar-refractivity contribution in [2.45, 2.75) is 12.8 Å². The molecule has 0 bridgehead atoms. The zero-order chi connectivity index (χ0) is 14.7. The van der Waals surface area contributed by atoms with Crippen molar-refractivity contribution < 1.29 is 0 Å². The molecule has 3 N–H and O–H groups in total. The van der Waals surface area contributed by atoms with Crippen molar-refractivity contribution in [1.29, 1.82) is 0 Å². The molecule has 1 aromatic heterocycles. The molecule has 0 aliphatic carbocycles. The van der Waals surface area contributed by atoms with Crippen LogP contribution in [0.2, 0.25) is 0 Å². The molecule has 4 nitrogen and oxygen atoms in total. The number of nitrogens with zero attached hydrogens (tertiary/aromatic N) is 2. The summed E-state index contributed by atoms with van der Waals surface area (Å²) in [6.45, 7) is 3.00. The number of benzene rings is 2. The van der Waals surface area contributed by atoms with Gasteiger partial charge in [0.25, 0.3) is 0 Å².